The summed E-state index contributed by atoms with van der Waals surface area (Å²) in [6, 6.07) is 10.1. The predicted octanol–water partition coefficient (Wildman–Crippen LogP) is 2.54. The van der Waals surface area contributed by atoms with Gasteiger partial charge in [0.1, 0.15) is 5.82 Å². The summed E-state index contributed by atoms with van der Waals surface area (Å²) in [6.07, 6.45) is 0.362. The fraction of sp³-hybridized carbons (Fsp3) is 0.333. The predicted molar refractivity (Wildman–Crippen MR) is 76.4 cm³/mol. The van der Waals surface area contributed by atoms with E-state index in [0.717, 1.165) is 22.3 Å². The van der Waals surface area contributed by atoms with E-state index in [4.69, 9.17) is 0 Å². The van der Waals surface area contributed by atoms with E-state index in [1.807, 2.05) is 43.1 Å². The van der Waals surface area contributed by atoms with Crippen molar-refractivity contribution in [1.29, 1.82) is 0 Å². The third-order valence-corrected chi connectivity index (χ3v) is 3.13. The maximum Gasteiger partial charge on any atom is 0.307 e. The van der Waals surface area contributed by atoms with Gasteiger partial charge in [0, 0.05) is 19.0 Å². The fourth-order valence-corrected chi connectivity index (χ4v) is 2.06. The summed E-state index contributed by atoms with van der Waals surface area (Å²) in [5, 5.41) is 1.13. The Morgan fingerprint density at radius 1 is 1.37 bits per heavy atom. The van der Waals surface area contributed by atoms with Crippen LogP contribution in [0.15, 0.2) is 30.3 Å². The molecule has 0 unspecified atom stereocenters. The highest BCUT2D eigenvalue weighted by atomic mass is 16.5. The molecule has 0 aliphatic heterocycles. The number of methoxy groups -OCH3 is 1. The number of benzene rings is 1. The second-order valence-corrected chi connectivity index (χ2v) is 4.57. The number of rotatable bonds is 4. The largest absolute Gasteiger partial charge is 0.469 e. The first-order chi connectivity index (χ1) is 9.11. The number of ether oxygens (including phenoxy) is 1. The average Bonchev–Trinajstić information content (AvgIpc) is 2.43. The second-order valence-electron chi connectivity index (χ2n) is 4.57. The molecule has 1 heterocycles. The summed E-state index contributed by atoms with van der Waals surface area (Å²) in [5.41, 5.74) is 2.07. The molecule has 0 atom stereocenters. The average molecular weight is 258 g/mol. The fourth-order valence-electron chi connectivity index (χ4n) is 2.06. The Morgan fingerprint density at radius 2 is 2.11 bits per heavy atom. The third kappa shape index (κ3) is 3.02. The number of para-hydroxylation sites is 1. The van der Waals surface area contributed by atoms with Crippen LogP contribution in [0.3, 0.4) is 0 Å². The summed E-state index contributed by atoms with van der Waals surface area (Å²) >= 11 is 0. The zero-order valence-corrected chi connectivity index (χ0v) is 11.5. The van der Waals surface area contributed by atoms with Crippen LogP contribution in [0, 0.1) is 6.92 Å². The molecule has 0 N–H and O–H groups in total. The molecule has 100 valence electrons. The Balaban J connectivity index is 2.23. The smallest absolute Gasteiger partial charge is 0.307 e. The molecule has 1 aromatic carbocycles. The van der Waals surface area contributed by atoms with Gasteiger partial charge in [-0.25, -0.2) is 4.98 Å². The lowest BCUT2D eigenvalue weighted by Gasteiger charge is -2.20. The van der Waals surface area contributed by atoms with Crippen molar-refractivity contribution in [1.82, 2.24) is 4.98 Å². The Kier molecular flexibility index (Phi) is 4.00. The van der Waals surface area contributed by atoms with Crippen LogP contribution < -0.4 is 4.90 Å². The molecule has 2 rings (SSSR count). The van der Waals surface area contributed by atoms with Crippen molar-refractivity contribution >= 4 is 22.7 Å². The molecule has 19 heavy (non-hydrogen) atoms. The quantitative estimate of drug-likeness (QED) is 0.790. The lowest BCUT2D eigenvalue weighted by atomic mass is 10.1. The first-order valence-electron chi connectivity index (χ1n) is 6.26. The molecule has 0 bridgehead atoms. The first kappa shape index (κ1) is 13.3. The number of carbonyl (C=O) groups excluding carboxylic acids is 1. The minimum atomic E-state index is -0.203. The van der Waals surface area contributed by atoms with E-state index >= 15 is 0 Å². The minimum absolute atomic E-state index is 0.203. The number of carbonyl (C=O) groups is 1. The van der Waals surface area contributed by atoms with Crippen molar-refractivity contribution in [2.45, 2.75) is 13.3 Å². The van der Waals surface area contributed by atoms with Crippen molar-refractivity contribution in [3.05, 3.63) is 35.9 Å². The van der Waals surface area contributed by atoms with Crippen molar-refractivity contribution in [3.63, 3.8) is 0 Å². The second kappa shape index (κ2) is 5.69. The first-order valence-corrected chi connectivity index (χ1v) is 6.26. The van der Waals surface area contributed by atoms with Crippen LogP contribution in [0.2, 0.25) is 0 Å². The van der Waals surface area contributed by atoms with Crippen LogP contribution >= 0.6 is 0 Å². The summed E-state index contributed by atoms with van der Waals surface area (Å²) in [4.78, 5) is 17.8. The molecule has 1 aromatic heterocycles. The highest BCUT2D eigenvalue weighted by Crippen LogP contribution is 2.22. The zero-order chi connectivity index (χ0) is 13.8. The molecule has 0 radical (unpaired) electrons. The standard InChI is InChI=1S/C15H18N2O2/c1-11-10-12-6-4-5-7-13(12)16-15(11)17(2)9-8-14(18)19-3/h4-7,10H,8-9H2,1-3H3. The number of anilines is 1. The Hall–Kier alpha value is -2.10. The summed E-state index contributed by atoms with van der Waals surface area (Å²) < 4.78 is 4.65. The monoisotopic (exact) mass is 258 g/mol. The molecule has 0 saturated carbocycles. The number of esters is 1. The number of nitrogens with zero attached hydrogens (tertiary/aromatic N) is 2. The van der Waals surface area contributed by atoms with Gasteiger partial charge < -0.3 is 9.64 Å². The molecular formula is C15H18N2O2. The van der Waals surface area contributed by atoms with Gasteiger partial charge in [0.2, 0.25) is 0 Å². The van der Waals surface area contributed by atoms with Crippen LogP contribution in [0.5, 0.6) is 0 Å². The van der Waals surface area contributed by atoms with Gasteiger partial charge in [-0.2, -0.15) is 0 Å². The molecule has 0 fully saturated rings. The Morgan fingerprint density at radius 3 is 2.84 bits per heavy atom. The van der Waals surface area contributed by atoms with Crippen molar-refractivity contribution in [3.8, 4) is 0 Å². The van der Waals surface area contributed by atoms with E-state index in [1.165, 1.54) is 7.11 Å². The van der Waals surface area contributed by atoms with E-state index in [9.17, 15) is 4.79 Å². The number of hydrogen-bond acceptors (Lipinski definition) is 4. The van der Waals surface area contributed by atoms with Gasteiger partial charge in [-0.05, 0) is 24.6 Å². The van der Waals surface area contributed by atoms with Gasteiger partial charge in [-0.15, -0.1) is 0 Å². The van der Waals surface area contributed by atoms with Gasteiger partial charge in [0.15, 0.2) is 0 Å². The van der Waals surface area contributed by atoms with Gasteiger partial charge in [0.05, 0.1) is 19.0 Å². The zero-order valence-electron chi connectivity index (χ0n) is 11.5. The van der Waals surface area contributed by atoms with Gasteiger partial charge in [0.25, 0.3) is 0 Å². The number of aromatic nitrogens is 1. The SMILES string of the molecule is COC(=O)CCN(C)c1nc2ccccc2cc1C. The van der Waals surface area contributed by atoms with E-state index in [2.05, 4.69) is 15.8 Å². The maximum atomic E-state index is 11.2. The van der Waals surface area contributed by atoms with Crippen LogP contribution in [-0.4, -0.2) is 31.7 Å². The summed E-state index contributed by atoms with van der Waals surface area (Å²) in [5.74, 6) is 0.702. The van der Waals surface area contributed by atoms with E-state index in [-0.39, 0.29) is 5.97 Å². The molecular weight excluding hydrogens is 240 g/mol. The van der Waals surface area contributed by atoms with E-state index in [1.54, 1.807) is 0 Å². The Bertz CT molecular complexity index is 596. The molecule has 0 aliphatic rings. The summed E-state index contributed by atoms with van der Waals surface area (Å²) in [7, 11) is 3.34. The number of fused-ring (bicyclic) bond motifs is 1. The van der Waals surface area contributed by atoms with Crippen LogP contribution in [0.25, 0.3) is 10.9 Å². The van der Waals surface area contributed by atoms with E-state index < -0.39 is 0 Å². The highest BCUT2D eigenvalue weighted by Gasteiger charge is 2.10. The molecule has 0 amide bonds. The molecule has 0 spiro atoms. The van der Waals surface area contributed by atoms with Gasteiger partial charge in [-0.1, -0.05) is 18.2 Å². The van der Waals surface area contributed by atoms with Crippen molar-refractivity contribution in [2.75, 3.05) is 25.6 Å². The minimum Gasteiger partial charge on any atom is -0.469 e. The molecule has 4 nitrogen and oxygen atoms in total. The lowest BCUT2D eigenvalue weighted by Crippen LogP contribution is -2.23. The van der Waals surface area contributed by atoms with Crippen LogP contribution in [-0.2, 0) is 9.53 Å². The molecule has 0 saturated heterocycles. The molecule has 2 aromatic rings. The normalized spacial score (nSPS) is 10.5. The lowest BCUT2D eigenvalue weighted by molar-refractivity contribution is -0.140. The number of hydrogen-bond donors (Lipinski definition) is 0. The van der Waals surface area contributed by atoms with Crippen molar-refractivity contribution in [2.24, 2.45) is 0 Å². The third-order valence-electron chi connectivity index (χ3n) is 3.13. The van der Waals surface area contributed by atoms with E-state index in [0.29, 0.717) is 13.0 Å². The number of pyridine rings is 1. The Labute approximate surface area is 113 Å². The maximum absolute atomic E-state index is 11.2. The van der Waals surface area contributed by atoms with Gasteiger partial charge >= 0.3 is 5.97 Å². The van der Waals surface area contributed by atoms with Gasteiger partial charge in [-0.3, -0.25) is 4.79 Å². The molecule has 0 aliphatic carbocycles. The summed E-state index contributed by atoms with van der Waals surface area (Å²) in [6.45, 7) is 2.63. The van der Waals surface area contributed by atoms with Crippen LogP contribution in [0.1, 0.15) is 12.0 Å². The van der Waals surface area contributed by atoms with Crippen LogP contribution in [0.4, 0.5) is 5.82 Å². The van der Waals surface area contributed by atoms with Crippen molar-refractivity contribution < 1.29 is 9.53 Å². The number of aryl methyl sites for hydroxylation is 1. The highest BCUT2D eigenvalue weighted by molar-refractivity contribution is 5.81. The molecule has 4 heteroatoms. The topological polar surface area (TPSA) is 42.4 Å².